The Morgan fingerprint density at radius 3 is 2.42 bits per heavy atom. The van der Waals surface area contributed by atoms with Gasteiger partial charge in [0.15, 0.2) is 5.11 Å². The van der Waals surface area contributed by atoms with E-state index in [2.05, 4.69) is 60.9 Å². The SMILES string of the molecule is CC(C)Oc1cccc(CCCNC(=S)Nc2ccc(C(C)C)cc2)c1. The Bertz CT molecular complexity index is 696. The maximum atomic E-state index is 5.74. The van der Waals surface area contributed by atoms with E-state index in [0.717, 1.165) is 30.8 Å². The van der Waals surface area contributed by atoms with Crippen molar-refractivity contribution < 1.29 is 4.74 Å². The molecule has 0 heterocycles. The molecule has 2 N–H and O–H groups in total. The third-order valence-corrected chi connectivity index (χ3v) is 4.28. The summed E-state index contributed by atoms with van der Waals surface area (Å²) in [4.78, 5) is 0. The number of aryl methyl sites for hydroxylation is 1. The molecule has 0 fully saturated rings. The molecule has 0 atom stereocenters. The number of rotatable bonds is 8. The molecule has 4 heteroatoms. The number of ether oxygens (including phenoxy) is 1. The molecule has 26 heavy (non-hydrogen) atoms. The summed E-state index contributed by atoms with van der Waals surface area (Å²) >= 11 is 5.38. The van der Waals surface area contributed by atoms with Gasteiger partial charge in [0, 0.05) is 12.2 Å². The minimum absolute atomic E-state index is 0.199. The van der Waals surface area contributed by atoms with Crippen LogP contribution in [0.2, 0.25) is 0 Å². The van der Waals surface area contributed by atoms with Gasteiger partial charge in [0.25, 0.3) is 0 Å². The van der Waals surface area contributed by atoms with E-state index >= 15 is 0 Å². The first-order valence-electron chi connectivity index (χ1n) is 9.34. The van der Waals surface area contributed by atoms with Crippen molar-refractivity contribution in [3.8, 4) is 5.75 Å². The van der Waals surface area contributed by atoms with Crippen LogP contribution in [0.3, 0.4) is 0 Å². The second-order valence-electron chi connectivity index (χ2n) is 7.08. The molecule has 3 nitrogen and oxygen atoms in total. The summed E-state index contributed by atoms with van der Waals surface area (Å²) in [7, 11) is 0. The molecule has 0 unspecified atom stereocenters. The van der Waals surface area contributed by atoms with E-state index in [4.69, 9.17) is 17.0 Å². The van der Waals surface area contributed by atoms with Gasteiger partial charge in [-0.1, -0.05) is 38.1 Å². The fourth-order valence-corrected chi connectivity index (χ4v) is 2.89. The smallest absolute Gasteiger partial charge is 0.170 e. The van der Waals surface area contributed by atoms with Crippen molar-refractivity contribution in [1.82, 2.24) is 5.32 Å². The summed E-state index contributed by atoms with van der Waals surface area (Å²) in [5.41, 5.74) is 3.64. The molecule has 0 aliphatic carbocycles. The highest BCUT2D eigenvalue weighted by atomic mass is 32.1. The molecule has 0 amide bonds. The van der Waals surface area contributed by atoms with Crippen molar-refractivity contribution in [2.24, 2.45) is 0 Å². The van der Waals surface area contributed by atoms with Crippen LogP contribution in [0.4, 0.5) is 5.69 Å². The monoisotopic (exact) mass is 370 g/mol. The molecular formula is C22H30N2OS. The van der Waals surface area contributed by atoms with Gasteiger partial charge in [-0.05, 0) is 80.2 Å². The first-order valence-corrected chi connectivity index (χ1v) is 9.75. The number of benzene rings is 2. The summed E-state index contributed by atoms with van der Waals surface area (Å²) in [6, 6.07) is 16.7. The van der Waals surface area contributed by atoms with Crippen molar-refractivity contribution in [2.75, 3.05) is 11.9 Å². The quantitative estimate of drug-likeness (QED) is 0.474. The van der Waals surface area contributed by atoms with E-state index < -0.39 is 0 Å². The number of hydrogen-bond acceptors (Lipinski definition) is 2. The van der Waals surface area contributed by atoms with Crippen LogP contribution in [0.25, 0.3) is 0 Å². The fourth-order valence-electron chi connectivity index (χ4n) is 2.67. The van der Waals surface area contributed by atoms with Gasteiger partial charge in [0.05, 0.1) is 6.10 Å². The number of thiocarbonyl (C=S) groups is 1. The van der Waals surface area contributed by atoms with Gasteiger partial charge in [-0.3, -0.25) is 0 Å². The first-order chi connectivity index (χ1) is 12.4. The number of hydrogen-bond donors (Lipinski definition) is 2. The highest BCUT2D eigenvalue weighted by Gasteiger charge is 2.02. The van der Waals surface area contributed by atoms with E-state index in [-0.39, 0.29) is 6.10 Å². The Hall–Kier alpha value is -2.07. The molecular weight excluding hydrogens is 340 g/mol. The van der Waals surface area contributed by atoms with Gasteiger partial charge < -0.3 is 15.4 Å². The zero-order chi connectivity index (χ0) is 18.9. The third-order valence-electron chi connectivity index (χ3n) is 4.03. The van der Waals surface area contributed by atoms with Gasteiger partial charge in [-0.2, -0.15) is 0 Å². The number of nitrogens with one attached hydrogen (secondary N) is 2. The van der Waals surface area contributed by atoms with Crippen molar-refractivity contribution in [1.29, 1.82) is 0 Å². The predicted molar refractivity (Wildman–Crippen MR) is 115 cm³/mol. The molecule has 0 radical (unpaired) electrons. The van der Waals surface area contributed by atoms with Gasteiger partial charge in [0.1, 0.15) is 5.75 Å². The zero-order valence-electron chi connectivity index (χ0n) is 16.2. The van der Waals surface area contributed by atoms with Gasteiger partial charge in [0.2, 0.25) is 0 Å². The van der Waals surface area contributed by atoms with Gasteiger partial charge in [-0.15, -0.1) is 0 Å². The summed E-state index contributed by atoms with van der Waals surface area (Å²) in [5, 5.41) is 7.18. The van der Waals surface area contributed by atoms with Crippen molar-refractivity contribution in [3.63, 3.8) is 0 Å². The van der Waals surface area contributed by atoms with E-state index in [1.54, 1.807) is 0 Å². The van der Waals surface area contributed by atoms with Crippen LogP contribution in [0.1, 0.15) is 51.2 Å². The van der Waals surface area contributed by atoms with E-state index in [0.29, 0.717) is 11.0 Å². The Labute approximate surface area is 163 Å². The second-order valence-corrected chi connectivity index (χ2v) is 7.48. The molecule has 2 aromatic rings. The standard InChI is InChI=1S/C22H30N2OS/c1-16(2)19-10-12-20(13-11-19)24-22(26)23-14-6-8-18-7-5-9-21(15-18)25-17(3)4/h5,7,9-13,15-17H,6,8,14H2,1-4H3,(H2,23,24,26). The van der Waals surface area contributed by atoms with Crippen LogP contribution in [0.5, 0.6) is 5.75 Å². The zero-order valence-corrected chi connectivity index (χ0v) is 17.0. The molecule has 0 spiro atoms. The molecule has 0 aromatic heterocycles. The molecule has 2 rings (SSSR count). The Morgan fingerprint density at radius 1 is 1.04 bits per heavy atom. The summed E-state index contributed by atoms with van der Waals surface area (Å²) in [5.74, 6) is 1.48. The lowest BCUT2D eigenvalue weighted by molar-refractivity contribution is 0.242. The summed E-state index contributed by atoms with van der Waals surface area (Å²) in [6.45, 7) is 9.31. The molecule has 0 aliphatic heterocycles. The molecule has 2 aromatic carbocycles. The Morgan fingerprint density at radius 2 is 1.77 bits per heavy atom. The van der Waals surface area contributed by atoms with Crippen LogP contribution in [0, 0.1) is 0 Å². The van der Waals surface area contributed by atoms with Crippen LogP contribution in [0.15, 0.2) is 48.5 Å². The second kappa shape index (κ2) is 10.2. The van der Waals surface area contributed by atoms with E-state index in [9.17, 15) is 0 Å². The van der Waals surface area contributed by atoms with E-state index in [1.807, 2.05) is 26.0 Å². The maximum Gasteiger partial charge on any atom is 0.170 e. The normalized spacial score (nSPS) is 10.8. The molecule has 140 valence electrons. The lowest BCUT2D eigenvalue weighted by Gasteiger charge is -2.13. The minimum Gasteiger partial charge on any atom is -0.491 e. The fraction of sp³-hybridized carbons (Fsp3) is 0.409. The topological polar surface area (TPSA) is 33.3 Å². The average Bonchev–Trinajstić information content (AvgIpc) is 2.59. The van der Waals surface area contributed by atoms with Gasteiger partial charge >= 0.3 is 0 Å². The lowest BCUT2D eigenvalue weighted by Crippen LogP contribution is -2.29. The van der Waals surface area contributed by atoms with Crippen molar-refractivity contribution in [3.05, 3.63) is 59.7 Å². The third kappa shape index (κ3) is 7.04. The van der Waals surface area contributed by atoms with Gasteiger partial charge in [-0.25, -0.2) is 0 Å². The summed E-state index contributed by atoms with van der Waals surface area (Å²) < 4.78 is 5.74. The lowest BCUT2D eigenvalue weighted by atomic mass is 10.0. The summed E-state index contributed by atoms with van der Waals surface area (Å²) in [6.07, 6.45) is 2.21. The molecule has 0 saturated carbocycles. The van der Waals surface area contributed by atoms with Crippen LogP contribution < -0.4 is 15.4 Å². The number of anilines is 1. The van der Waals surface area contributed by atoms with Crippen LogP contribution >= 0.6 is 12.2 Å². The highest BCUT2D eigenvalue weighted by molar-refractivity contribution is 7.80. The van der Waals surface area contributed by atoms with Crippen LogP contribution in [-0.4, -0.2) is 17.8 Å². The molecule has 0 bridgehead atoms. The first kappa shape index (κ1) is 20.2. The molecule has 0 saturated heterocycles. The Balaban J connectivity index is 1.71. The minimum atomic E-state index is 0.199. The van der Waals surface area contributed by atoms with Crippen molar-refractivity contribution >= 4 is 23.0 Å². The average molecular weight is 371 g/mol. The van der Waals surface area contributed by atoms with E-state index in [1.165, 1.54) is 11.1 Å². The maximum absolute atomic E-state index is 5.74. The largest absolute Gasteiger partial charge is 0.491 e. The highest BCUT2D eigenvalue weighted by Crippen LogP contribution is 2.17. The van der Waals surface area contributed by atoms with Crippen molar-refractivity contribution in [2.45, 2.75) is 52.6 Å². The Kier molecular flexibility index (Phi) is 7.92. The predicted octanol–water partition coefficient (Wildman–Crippen LogP) is 5.52. The molecule has 0 aliphatic rings. The van der Waals surface area contributed by atoms with Crippen LogP contribution in [-0.2, 0) is 6.42 Å².